The van der Waals surface area contributed by atoms with Crippen molar-refractivity contribution in [3.8, 4) is 0 Å². The van der Waals surface area contributed by atoms with E-state index < -0.39 is 30.8 Å². The lowest BCUT2D eigenvalue weighted by Gasteiger charge is -2.19. The van der Waals surface area contributed by atoms with E-state index in [1.165, 1.54) is 113 Å². The molecule has 290 valence electrons. The van der Waals surface area contributed by atoms with Crippen molar-refractivity contribution in [2.75, 3.05) is 30.0 Å². The monoisotopic (exact) mass is 727 g/mol. The van der Waals surface area contributed by atoms with Gasteiger partial charge in [0.2, 0.25) is 5.91 Å². The predicted molar refractivity (Wildman–Crippen MR) is 201 cm³/mol. The average Bonchev–Trinajstić information content (AvgIpc) is 3.54. The standard InChI is InChI=1S/C37H69N5O7S/c1-3-5-7-9-11-13-15-17-19-21-23-35(45)48-28-32(49-36(46)24-22-20-18-16-14-12-10-8-6-4-2)29-50-30-33(38)37(47)39-34-26-42(41-40-34)25-31(44)27-43/h26,31-33,43-44H,3-25,27-30,38H2,1-2H3,(H,39,47)/t31-,32-,33-/m1/s1. The predicted octanol–water partition coefficient (Wildman–Crippen LogP) is 6.71. The van der Waals surface area contributed by atoms with Crippen LogP contribution >= 0.6 is 11.8 Å². The van der Waals surface area contributed by atoms with Crippen molar-refractivity contribution in [3.63, 3.8) is 0 Å². The minimum absolute atomic E-state index is 0.0302. The second kappa shape index (κ2) is 31.5. The topological polar surface area (TPSA) is 179 Å². The molecule has 1 amide bonds. The second-order valence-electron chi connectivity index (χ2n) is 13.5. The molecule has 1 rings (SSSR count). The van der Waals surface area contributed by atoms with Gasteiger partial charge in [0.05, 0.1) is 31.5 Å². The number of nitrogens with zero attached hydrogens (tertiary/aromatic N) is 3. The zero-order valence-electron chi connectivity index (χ0n) is 31.2. The summed E-state index contributed by atoms with van der Waals surface area (Å²) in [5.74, 6) is -0.329. The Kier molecular flexibility index (Phi) is 28.9. The van der Waals surface area contributed by atoms with Crippen LogP contribution < -0.4 is 11.1 Å². The van der Waals surface area contributed by atoms with Gasteiger partial charge in [0, 0.05) is 24.3 Å². The summed E-state index contributed by atoms with van der Waals surface area (Å²) in [6.45, 7) is 4.04. The Morgan fingerprint density at radius 2 is 1.30 bits per heavy atom. The maximum Gasteiger partial charge on any atom is 0.306 e. The third-order valence-electron chi connectivity index (χ3n) is 8.53. The quantitative estimate of drug-likeness (QED) is 0.0438. The fourth-order valence-electron chi connectivity index (χ4n) is 5.47. The molecule has 0 saturated heterocycles. The number of thioether (sulfide) groups is 1. The number of esters is 2. The molecule has 3 atom stereocenters. The molecule has 0 aliphatic heterocycles. The molecular formula is C37H69N5O7S. The van der Waals surface area contributed by atoms with E-state index in [4.69, 9.17) is 20.3 Å². The molecule has 12 nitrogen and oxygen atoms in total. The molecule has 5 N–H and O–H groups in total. The van der Waals surface area contributed by atoms with E-state index in [0.717, 1.165) is 38.5 Å². The van der Waals surface area contributed by atoms with E-state index in [1.54, 1.807) is 0 Å². The summed E-state index contributed by atoms with van der Waals surface area (Å²) in [7, 11) is 0. The van der Waals surface area contributed by atoms with Gasteiger partial charge in [-0.15, -0.1) is 5.10 Å². The fourth-order valence-corrected chi connectivity index (χ4v) is 6.44. The fraction of sp³-hybridized carbons (Fsp3) is 0.865. The molecule has 0 unspecified atom stereocenters. The summed E-state index contributed by atoms with van der Waals surface area (Å²) < 4.78 is 12.6. The Morgan fingerprint density at radius 3 is 1.82 bits per heavy atom. The van der Waals surface area contributed by atoms with Gasteiger partial charge in [0.25, 0.3) is 0 Å². The Balaban J connectivity index is 2.45. The number of nitrogens with one attached hydrogen (secondary N) is 1. The van der Waals surface area contributed by atoms with Crippen molar-refractivity contribution in [2.24, 2.45) is 5.73 Å². The van der Waals surface area contributed by atoms with Crippen molar-refractivity contribution in [2.45, 2.75) is 180 Å². The maximum atomic E-state index is 12.7. The largest absolute Gasteiger partial charge is 0.462 e. The molecule has 1 aromatic rings. The van der Waals surface area contributed by atoms with E-state index in [0.29, 0.717) is 18.6 Å². The highest BCUT2D eigenvalue weighted by molar-refractivity contribution is 7.99. The first-order valence-corrected chi connectivity index (χ1v) is 20.6. The molecule has 0 fully saturated rings. The highest BCUT2D eigenvalue weighted by Gasteiger charge is 2.20. The molecule has 0 spiro atoms. The van der Waals surface area contributed by atoms with Gasteiger partial charge in [0.1, 0.15) is 12.7 Å². The zero-order chi connectivity index (χ0) is 36.7. The smallest absolute Gasteiger partial charge is 0.306 e. The third kappa shape index (κ3) is 25.7. The van der Waals surface area contributed by atoms with E-state index in [-0.39, 0.29) is 36.7 Å². The van der Waals surface area contributed by atoms with Crippen LogP contribution in [0.25, 0.3) is 0 Å². The number of hydrogen-bond acceptors (Lipinski definition) is 11. The van der Waals surface area contributed by atoms with Gasteiger partial charge in [-0.05, 0) is 12.8 Å². The summed E-state index contributed by atoms with van der Waals surface area (Å²) in [5, 5.41) is 28.8. The normalized spacial score (nSPS) is 13.1. The summed E-state index contributed by atoms with van der Waals surface area (Å²) in [4.78, 5) is 37.8. The lowest BCUT2D eigenvalue weighted by molar-refractivity contribution is -0.157. The van der Waals surface area contributed by atoms with Crippen LogP contribution in [-0.4, -0.2) is 86.0 Å². The van der Waals surface area contributed by atoms with E-state index in [2.05, 4.69) is 29.5 Å². The van der Waals surface area contributed by atoms with Gasteiger partial charge in [-0.25, -0.2) is 4.68 Å². The Labute approximate surface area is 305 Å². The molecule has 50 heavy (non-hydrogen) atoms. The number of carbonyl (C=O) groups is 3. The van der Waals surface area contributed by atoms with Crippen LogP contribution in [0.5, 0.6) is 0 Å². The number of carbonyl (C=O) groups excluding carboxylic acids is 3. The number of hydrogen-bond donors (Lipinski definition) is 4. The van der Waals surface area contributed by atoms with Crippen LogP contribution in [0.4, 0.5) is 5.82 Å². The number of ether oxygens (including phenoxy) is 2. The number of rotatable bonds is 34. The molecule has 1 aromatic heterocycles. The molecule has 0 bridgehead atoms. The van der Waals surface area contributed by atoms with E-state index in [9.17, 15) is 19.5 Å². The van der Waals surface area contributed by atoms with Crippen LogP contribution in [0.15, 0.2) is 6.20 Å². The molecular weight excluding hydrogens is 659 g/mol. The number of aliphatic hydroxyl groups is 2. The number of unbranched alkanes of at least 4 members (excludes halogenated alkanes) is 18. The van der Waals surface area contributed by atoms with Gasteiger partial charge in [0.15, 0.2) is 5.82 Å². The third-order valence-corrected chi connectivity index (χ3v) is 9.74. The number of nitrogens with two attached hydrogens (primary N) is 1. The van der Waals surface area contributed by atoms with Gasteiger partial charge in [-0.2, -0.15) is 11.8 Å². The van der Waals surface area contributed by atoms with Crippen LogP contribution in [0, 0.1) is 0 Å². The molecule has 1 heterocycles. The van der Waals surface area contributed by atoms with Gasteiger partial charge >= 0.3 is 11.9 Å². The second-order valence-corrected chi connectivity index (χ2v) is 14.5. The molecule has 0 saturated carbocycles. The van der Waals surface area contributed by atoms with Crippen LogP contribution in [0.1, 0.15) is 155 Å². The highest BCUT2D eigenvalue weighted by Crippen LogP contribution is 2.15. The van der Waals surface area contributed by atoms with Crippen LogP contribution in [-0.2, 0) is 30.4 Å². The molecule has 0 aliphatic carbocycles. The maximum absolute atomic E-state index is 12.7. The summed E-state index contributed by atoms with van der Waals surface area (Å²) >= 11 is 1.34. The highest BCUT2D eigenvalue weighted by atomic mass is 32.2. The van der Waals surface area contributed by atoms with Gasteiger partial charge in [-0.3, -0.25) is 14.4 Å². The van der Waals surface area contributed by atoms with Gasteiger partial charge < -0.3 is 30.7 Å². The minimum Gasteiger partial charge on any atom is -0.462 e. The number of aliphatic hydroxyl groups excluding tert-OH is 2. The molecule has 0 radical (unpaired) electrons. The summed E-state index contributed by atoms with van der Waals surface area (Å²) in [6, 6.07) is -0.880. The number of anilines is 1. The molecule has 13 heteroatoms. The van der Waals surface area contributed by atoms with Crippen molar-refractivity contribution >= 4 is 35.4 Å². The average molecular weight is 728 g/mol. The lowest BCUT2D eigenvalue weighted by Crippen LogP contribution is -2.38. The zero-order valence-corrected chi connectivity index (χ0v) is 32.0. The minimum atomic E-state index is -0.991. The SMILES string of the molecule is CCCCCCCCCCCCC(=O)OC[C@H](CSC[C@@H](N)C(=O)Nc1cn(C[C@@H](O)CO)nn1)OC(=O)CCCCCCCCCCCC. The Morgan fingerprint density at radius 1 is 0.800 bits per heavy atom. The number of amides is 1. The molecule has 0 aromatic carbocycles. The summed E-state index contributed by atoms with van der Waals surface area (Å²) in [6.07, 6.45) is 24.1. The molecule has 0 aliphatic rings. The van der Waals surface area contributed by atoms with Crippen LogP contribution in [0.2, 0.25) is 0 Å². The first-order chi connectivity index (χ1) is 24.3. The summed E-state index contributed by atoms with van der Waals surface area (Å²) in [5.41, 5.74) is 6.10. The van der Waals surface area contributed by atoms with Crippen LogP contribution in [0.3, 0.4) is 0 Å². The Hall–Kier alpha value is -2.22. The first-order valence-electron chi connectivity index (χ1n) is 19.5. The lowest BCUT2D eigenvalue weighted by atomic mass is 10.1. The first kappa shape index (κ1) is 45.8. The van der Waals surface area contributed by atoms with E-state index in [1.807, 2.05) is 0 Å². The van der Waals surface area contributed by atoms with Crippen molar-refractivity contribution < 1.29 is 34.1 Å². The van der Waals surface area contributed by atoms with Crippen molar-refractivity contribution in [3.05, 3.63) is 6.20 Å². The van der Waals surface area contributed by atoms with Crippen molar-refractivity contribution in [1.82, 2.24) is 15.0 Å². The van der Waals surface area contributed by atoms with Crippen molar-refractivity contribution in [1.29, 1.82) is 0 Å². The van der Waals surface area contributed by atoms with E-state index >= 15 is 0 Å². The Bertz CT molecular complexity index is 999. The van der Waals surface area contributed by atoms with Gasteiger partial charge in [-0.1, -0.05) is 135 Å². The number of aromatic nitrogens is 3.